The first-order valence-corrected chi connectivity index (χ1v) is 8.02. The van der Waals surface area contributed by atoms with Crippen LogP contribution in [0.4, 0.5) is 0 Å². The number of halogens is 2. The number of oxazole rings is 1. The molecule has 0 N–H and O–H groups in total. The predicted molar refractivity (Wildman–Crippen MR) is 82.8 cm³/mol. The molecule has 0 amide bonds. The molecule has 20 heavy (non-hydrogen) atoms. The van der Waals surface area contributed by atoms with Gasteiger partial charge in [0.2, 0.25) is 5.12 Å². The molecule has 0 unspecified atom stereocenters. The van der Waals surface area contributed by atoms with Crippen LogP contribution in [0.25, 0.3) is 11.1 Å². The zero-order valence-corrected chi connectivity index (χ0v) is 13.0. The number of hydrogen-bond acceptors (Lipinski definition) is 5. The van der Waals surface area contributed by atoms with Crippen molar-refractivity contribution in [1.29, 1.82) is 0 Å². The fourth-order valence-corrected chi connectivity index (χ4v) is 2.91. The lowest BCUT2D eigenvalue weighted by molar-refractivity contribution is -0.112. The highest BCUT2D eigenvalue weighted by Gasteiger charge is 2.15. The molecule has 1 aromatic carbocycles. The summed E-state index contributed by atoms with van der Waals surface area (Å²) in [5.41, 5.74) is 1.43. The summed E-state index contributed by atoms with van der Waals surface area (Å²) in [7, 11) is 0. The number of fused-ring (bicyclic) bond motifs is 1. The number of carbonyl (C=O) groups is 1. The number of rotatable bonds is 7. The fourth-order valence-electron chi connectivity index (χ4n) is 1.72. The van der Waals surface area contributed by atoms with Crippen LogP contribution >= 0.6 is 35.0 Å². The zero-order valence-electron chi connectivity index (χ0n) is 10.7. The largest absolute Gasteiger partial charge is 0.431 e. The van der Waals surface area contributed by atoms with E-state index in [4.69, 9.17) is 27.6 Å². The van der Waals surface area contributed by atoms with Gasteiger partial charge in [-0.3, -0.25) is 9.69 Å². The van der Waals surface area contributed by atoms with Crippen LogP contribution in [0.15, 0.2) is 33.9 Å². The lowest BCUT2D eigenvalue weighted by atomic mass is 10.3. The molecule has 7 heteroatoms. The van der Waals surface area contributed by atoms with Crippen LogP contribution in [0.2, 0.25) is 0 Å². The number of thioether (sulfide) groups is 1. The number of aromatic nitrogens is 1. The Balaban J connectivity index is 1.96. The number of benzene rings is 1. The Hall–Kier alpha value is -0.750. The van der Waals surface area contributed by atoms with Gasteiger partial charge in [-0.25, -0.2) is 4.98 Å². The summed E-state index contributed by atoms with van der Waals surface area (Å²) in [6.07, 6.45) is 0. The first-order valence-electron chi connectivity index (χ1n) is 6.13. The Morgan fingerprint density at radius 2 is 1.95 bits per heavy atom. The summed E-state index contributed by atoms with van der Waals surface area (Å²) in [6.45, 7) is 1.55. The molecule has 0 spiro atoms. The van der Waals surface area contributed by atoms with Crippen LogP contribution in [-0.2, 0) is 4.79 Å². The van der Waals surface area contributed by atoms with E-state index < -0.39 is 0 Å². The molecule has 1 aromatic heterocycles. The second-order valence-corrected chi connectivity index (χ2v) is 5.84. The van der Waals surface area contributed by atoms with Crippen LogP contribution in [-0.4, -0.2) is 46.4 Å². The summed E-state index contributed by atoms with van der Waals surface area (Å²) in [5.74, 6) is 0.940. The first kappa shape index (κ1) is 15.6. The number of nitrogens with zero attached hydrogens (tertiary/aromatic N) is 2. The lowest BCUT2D eigenvalue weighted by Crippen LogP contribution is -2.32. The average Bonchev–Trinajstić information content (AvgIpc) is 2.81. The quantitative estimate of drug-likeness (QED) is 0.575. The summed E-state index contributed by atoms with van der Waals surface area (Å²) in [4.78, 5) is 18.2. The maximum atomic E-state index is 12.0. The Morgan fingerprint density at radius 3 is 2.60 bits per heavy atom. The molecule has 0 aliphatic carbocycles. The third-order valence-corrected chi connectivity index (χ3v) is 3.67. The molecule has 0 bridgehead atoms. The van der Waals surface area contributed by atoms with Gasteiger partial charge in [0, 0.05) is 36.6 Å². The highest BCUT2D eigenvalue weighted by Crippen LogP contribution is 2.23. The molecular formula is C13H14Cl2N2O2S. The van der Waals surface area contributed by atoms with Gasteiger partial charge in [-0.05, 0) is 12.1 Å². The SMILES string of the molecule is O=C(CN(CCCl)CCCl)Sc1nc2ccccc2o1. The standard InChI is InChI=1S/C13H14Cl2N2O2S/c14-5-7-17(8-6-15)9-12(18)20-13-16-10-3-1-2-4-11(10)19-13/h1-4H,5-9H2. The minimum absolute atomic E-state index is 0.0354. The van der Waals surface area contributed by atoms with E-state index in [2.05, 4.69) is 4.98 Å². The van der Waals surface area contributed by atoms with Gasteiger partial charge >= 0.3 is 0 Å². The van der Waals surface area contributed by atoms with Gasteiger partial charge in [0.25, 0.3) is 5.22 Å². The van der Waals surface area contributed by atoms with Crippen LogP contribution in [0.5, 0.6) is 0 Å². The Labute approximate surface area is 131 Å². The van der Waals surface area contributed by atoms with E-state index in [9.17, 15) is 4.79 Å². The van der Waals surface area contributed by atoms with Crippen molar-refractivity contribution in [2.75, 3.05) is 31.4 Å². The molecule has 0 aliphatic rings. The second-order valence-electron chi connectivity index (χ2n) is 4.08. The highest BCUT2D eigenvalue weighted by atomic mass is 35.5. The van der Waals surface area contributed by atoms with Crippen molar-refractivity contribution in [3.05, 3.63) is 24.3 Å². The van der Waals surface area contributed by atoms with E-state index >= 15 is 0 Å². The fraction of sp³-hybridized carbons (Fsp3) is 0.385. The van der Waals surface area contributed by atoms with E-state index in [0.717, 1.165) is 17.3 Å². The maximum Gasteiger partial charge on any atom is 0.264 e. The number of para-hydroxylation sites is 2. The third-order valence-electron chi connectivity index (χ3n) is 2.63. The third kappa shape index (κ3) is 4.38. The maximum absolute atomic E-state index is 12.0. The van der Waals surface area contributed by atoms with Crippen LogP contribution < -0.4 is 0 Å². The predicted octanol–water partition coefficient (Wildman–Crippen LogP) is 3.23. The molecule has 2 rings (SSSR count). The van der Waals surface area contributed by atoms with E-state index in [1.165, 1.54) is 0 Å². The molecule has 0 radical (unpaired) electrons. The van der Waals surface area contributed by atoms with E-state index in [0.29, 0.717) is 35.7 Å². The van der Waals surface area contributed by atoms with Crippen molar-refractivity contribution in [3.8, 4) is 0 Å². The van der Waals surface area contributed by atoms with Gasteiger partial charge < -0.3 is 4.42 Å². The smallest absolute Gasteiger partial charge is 0.264 e. The molecule has 0 aliphatic heterocycles. The monoisotopic (exact) mass is 332 g/mol. The molecule has 2 aromatic rings. The van der Waals surface area contributed by atoms with Gasteiger partial charge in [0.15, 0.2) is 5.58 Å². The van der Waals surface area contributed by atoms with Gasteiger partial charge in [0.1, 0.15) is 5.52 Å². The van der Waals surface area contributed by atoms with Crippen LogP contribution in [0.1, 0.15) is 0 Å². The molecule has 4 nitrogen and oxygen atoms in total. The summed E-state index contributed by atoms with van der Waals surface area (Å²) >= 11 is 12.4. The molecule has 0 fully saturated rings. The Morgan fingerprint density at radius 1 is 1.25 bits per heavy atom. The van der Waals surface area contributed by atoms with Gasteiger partial charge in [-0.2, -0.15) is 0 Å². The molecule has 0 saturated heterocycles. The van der Waals surface area contributed by atoms with Crippen molar-refractivity contribution in [2.45, 2.75) is 5.22 Å². The van der Waals surface area contributed by atoms with E-state index in [1.807, 2.05) is 29.2 Å². The number of alkyl halides is 2. The molecule has 1 heterocycles. The van der Waals surface area contributed by atoms with Gasteiger partial charge in [-0.1, -0.05) is 12.1 Å². The van der Waals surface area contributed by atoms with Crippen molar-refractivity contribution in [1.82, 2.24) is 9.88 Å². The topological polar surface area (TPSA) is 46.3 Å². The van der Waals surface area contributed by atoms with Crippen molar-refractivity contribution < 1.29 is 9.21 Å². The highest BCUT2D eigenvalue weighted by molar-refractivity contribution is 8.13. The zero-order chi connectivity index (χ0) is 14.4. The molecule has 108 valence electrons. The van der Waals surface area contributed by atoms with Crippen molar-refractivity contribution in [2.24, 2.45) is 0 Å². The Bertz CT molecular complexity index is 537. The normalized spacial score (nSPS) is 11.3. The minimum atomic E-state index is -0.0354. The number of hydrogen-bond donors (Lipinski definition) is 0. The second kappa shape index (κ2) is 7.88. The number of carbonyl (C=O) groups excluding carboxylic acids is 1. The van der Waals surface area contributed by atoms with E-state index in [1.54, 1.807) is 0 Å². The van der Waals surface area contributed by atoms with Crippen LogP contribution in [0, 0.1) is 0 Å². The van der Waals surface area contributed by atoms with Gasteiger partial charge in [-0.15, -0.1) is 23.2 Å². The first-order chi connectivity index (χ1) is 9.72. The lowest BCUT2D eigenvalue weighted by Gasteiger charge is -2.17. The molecular weight excluding hydrogens is 319 g/mol. The summed E-state index contributed by atoms with van der Waals surface area (Å²) in [6, 6.07) is 7.42. The van der Waals surface area contributed by atoms with Crippen molar-refractivity contribution >= 4 is 51.2 Å². The van der Waals surface area contributed by atoms with Crippen LogP contribution in [0.3, 0.4) is 0 Å². The minimum Gasteiger partial charge on any atom is -0.431 e. The van der Waals surface area contributed by atoms with E-state index in [-0.39, 0.29) is 11.7 Å². The molecule has 0 saturated carbocycles. The molecule has 0 atom stereocenters. The van der Waals surface area contributed by atoms with Crippen molar-refractivity contribution in [3.63, 3.8) is 0 Å². The average molecular weight is 333 g/mol. The Kier molecular flexibility index (Phi) is 6.16. The summed E-state index contributed by atoms with van der Waals surface area (Å²) in [5, 5.41) is 0.333. The van der Waals surface area contributed by atoms with Gasteiger partial charge in [0.05, 0.1) is 6.54 Å². The summed E-state index contributed by atoms with van der Waals surface area (Å²) < 4.78 is 5.50.